The lowest BCUT2D eigenvalue weighted by molar-refractivity contribution is -0.121. The van der Waals surface area contributed by atoms with E-state index in [2.05, 4.69) is 0 Å². The topological polar surface area (TPSA) is 37.4 Å². The van der Waals surface area contributed by atoms with E-state index in [4.69, 9.17) is 11.6 Å². The Morgan fingerprint density at radius 3 is 2.74 bits per heavy atom. The fraction of sp³-hybridized carbons (Fsp3) is 0.467. The van der Waals surface area contributed by atoms with Gasteiger partial charge in [-0.25, -0.2) is 0 Å². The lowest BCUT2D eigenvalue weighted by atomic mass is 9.97. The highest BCUT2D eigenvalue weighted by atomic mass is 35.5. The van der Waals surface area contributed by atoms with Crippen molar-refractivity contribution in [1.29, 1.82) is 0 Å². The normalized spacial score (nSPS) is 14.4. The van der Waals surface area contributed by atoms with Crippen LogP contribution >= 0.6 is 11.6 Å². The molecular weight excluding hydrogens is 262 g/mol. The number of hydrogen-bond donors (Lipinski definition) is 0. The first-order valence-corrected chi connectivity index (χ1v) is 7.11. The lowest BCUT2D eigenvalue weighted by Crippen LogP contribution is -2.38. The van der Waals surface area contributed by atoms with Gasteiger partial charge in [-0.15, -0.1) is 11.6 Å². The number of carbonyl (C=O) groups is 2. The molecule has 1 amide bonds. The van der Waals surface area contributed by atoms with Crippen molar-refractivity contribution in [2.24, 2.45) is 5.92 Å². The summed E-state index contributed by atoms with van der Waals surface area (Å²) in [7, 11) is 0. The van der Waals surface area contributed by atoms with E-state index in [9.17, 15) is 9.59 Å². The average molecular weight is 280 g/mol. The first-order valence-electron chi connectivity index (χ1n) is 6.58. The molecule has 0 aliphatic carbocycles. The smallest absolute Gasteiger partial charge is 0.229 e. The van der Waals surface area contributed by atoms with Gasteiger partial charge >= 0.3 is 0 Å². The first kappa shape index (κ1) is 14.1. The fourth-order valence-electron chi connectivity index (χ4n) is 2.39. The van der Waals surface area contributed by atoms with Crippen LogP contribution in [0, 0.1) is 5.92 Å². The minimum Gasteiger partial charge on any atom is -0.312 e. The van der Waals surface area contributed by atoms with Crippen molar-refractivity contribution in [1.82, 2.24) is 0 Å². The largest absolute Gasteiger partial charge is 0.312 e. The molecule has 1 aromatic rings. The maximum absolute atomic E-state index is 12.2. The number of alkyl halides is 1. The zero-order valence-electron chi connectivity index (χ0n) is 11.3. The molecule has 0 spiro atoms. The van der Waals surface area contributed by atoms with Crippen LogP contribution in [0.5, 0.6) is 0 Å². The monoisotopic (exact) mass is 279 g/mol. The Balaban J connectivity index is 2.36. The molecule has 0 radical (unpaired) electrons. The molecule has 19 heavy (non-hydrogen) atoms. The second-order valence-electron chi connectivity index (χ2n) is 5.15. The van der Waals surface area contributed by atoms with Gasteiger partial charge in [0.05, 0.1) is 5.88 Å². The quantitative estimate of drug-likeness (QED) is 0.630. The number of halogens is 1. The molecule has 0 N–H and O–H groups in total. The van der Waals surface area contributed by atoms with Crippen molar-refractivity contribution in [2.75, 3.05) is 17.3 Å². The van der Waals surface area contributed by atoms with Crippen LogP contribution in [-0.4, -0.2) is 24.1 Å². The average Bonchev–Trinajstić information content (AvgIpc) is 2.44. The van der Waals surface area contributed by atoms with Gasteiger partial charge in [-0.1, -0.05) is 13.8 Å². The van der Waals surface area contributed by atoms with E-state index < -0.39 is 0 Å². The maximum Gasteiger partial charge on any atom is 0.229 e. The van der Waals surface area contributed by atoms with Crippen LogP contribution in [0.2, 0.25) is 0 Å². The predicted molar refractivity (Wildman–Crippen MR) is 77.0 cm³/mol. The number of benzene rings is 1. The number of aryl methyl sites for hydroxylation is 1. The molecular formula is C15H18ClNO2. The molecule has 102 valence electrons. The van der Waals surface area contributed by atoms with E-state index in [1.807, 2.05) is 30.9 Å². The van der Waals surface area contributed by atoms with Gasteiger partial charge in [0.1, 0.15) is 0 Å². The minimum atomic E-state index is -0.0724. The van der Waals surface area contributed by atoms with Crippen molar-refractivity contribution in [2.45, 2.75) is 26.7 Å². The summed E-state index contributed by atoms with van der Waals surface area (Å²) in [4.78, 5) is 25.6. The Bertz CT molecular complexity index is 511. The molecule has 2 rings (SSSR count). The summed E-state index contributed by atoms with van der Waals surface area (Å²) in [5, 5.41) is 0. The molecule has 0 saturated carbocycles. The number of rotatable bonds is 3. The van der Waals surface area contributed by atoms with Gasteiger partial charge in [-0.3, -0.25) is 9.59 Å². The zero-order chi connectivity index (χ0) is 14.0. The van der Waals surface area contributed by atoms with Gasteiger partial charge in [0.15, 0.2) is 5.78 Å². The van der Waals surface area contributed by atoms with Crippen LogP contribution < -0.4 is 4.90 Å². The van der Waals surface area contributed by atoms with Crippen molar-refractivity contribution in [3.63, 3.8) is 0 Å². The molecule has 1 aliphatic heterocycles. The first-order chi connectivity index (χ1) is 9.04. The van der Waals surface area contributed by atoms with E-state index in [-0.39, 0.29) is 23.5 Å². The maximum atomic E-state index is 12.2. The fourth-order valence-corrected chi connectivity index (χ4v) is 2.54. The second-order valence-corrected chi connectivity index (χ2v) is 5.42. The Kier molecular flexibility index (Phi) is 4.25. The Hall–Kier alpha value is -1.35. The number of ketones is 1. The van der Waals surface area contributed by atoms with E-state index in [1.165, 1.54) is 0 Å². The Morgan fingerprint density at radius 1 is 1.37 bits per heavy atom. The van der Waals surface area contributed by atoms with Crippen LogP contribution in [-0.2, 0) is 11.2 Å². The number of hydrogen-bond acceptors (Lipinski definition) is 2. The minimum absolute atomic E-state index is 0.00652. The third-order valence-corrected chi connectivity index (χ3v) is 3.64. The molecule has 1 heterocycles. The highest BCUT2D eigenvalue weighted by Gasteiger charge is 2.24. The van der Waals surface area contributed by atoms with E-state index in [0.717, 1.165) is 30.6 Å². The van der Waals surface area contributed by atoms with Crippen LogP contribution in [0.25, 0.3) is 0 Å². The van der Waals surface area contributed by atoms with Gasteiger partial charge in [0, 0.05) is 23.7 Å². The van der Waals surface area contributed by atoms with Gasteiger partial charge in [-0.2, -0.15) is 0 Å². The molecule has 3 nitrogen and oxygen atoms in total. The molecule has 0 unspecified atom stereocenters. The van der Waals surface area contributed by atoms with Crippen LogP contribution in [0.3, 0.4) is 0 Å². The summed E-state index contributed by atoms with van der Waals surface area (Å²) in [5.41, 5.74) is 2.64. The van der Waals surface area contributed by atoms with Crippen LogP contribution in [0.4, 0.5) is 5.69 Å². The number of anilines is 1. The van der Waals surface area contributed by atoms with E-state index in [0.29, 0.717) is 5.56 Å². The molecule has 0 saturated heterocycles. The van der Waals surface area contributed by atoms with E-state index >= 15 is 0 Å². The van der Waals surface area contributed by atoms with Crippen molar-refractivity contribution >= 4 is 29.0 Å². The molecule has 1 aliphatic rings. The summed E-state index contributed by atoms with van der Waals surface area (Å²) in [6, 6.07) is 5.50. The summed E-state index contributed by atoms with van der Waals surface area (Å²) in [6.07, 6.45) is 1.84. The summed E-state index contributed by atoms with van der Waals surface area (Å²) in [5.74, 6) is 0.0391. The van der Waals surface area contributed by atoms with Crippen LogP contribution in [0.1, 0.15) is 36.2 Å². The predicted octanol–water partition coefficient (Wildman–Crippen LogP) is 3.04. The SMILES string of the molecule is CC(C)C(=O)N1CCCc2cc(C(=O)CCl)ccc21. The molecule has 0 fully saturated rings. The van der Waals surface area contributed by atoms with Gasteiger partial charge in [0.2, 0.25) is 5.91 Å². The number of fused-ring (bicyclic) bond motifs is 1. The zero-order valence-corrected chi connectivity index (χ0v) is 12.0. The van der Waals surface area contributed by atoms with Crippen molar-refractivity contribution in [3.05, 3.63) is 29.3 Å². The van der Waals surface area contributed by atoms with Crippen molar-refractivity contribution < 1.29 is 9.59 Å². The number of nitrogens with zero attached hydrogens (tertiary/aromatic N) is 1. The third-order valence-electron chi connectivity index (χ3n) is 3.40. The standard InChI is InChI=1S/C15H18ClNO2/c1-10(2)15(19)17-7-3-4-11-8-12(14(18)9-16)5-6-13(11)17/h5-6,8,10H,3-4,7,9H2,1-2H3. The molecule has 0 aromatic heterocycles. The van der Waals surface area contributed by atoms with Gasteiger partial charge < -0.3 is 4.90 Å². The molecule has 1 aromatic carbocycles. The third kappa shape index (κ3) is 2.81. The Morgan fingerprint density at radius 2 is 2.11 bits per heavy atom. The van der Waals surface area contributed by atoms with Gasteiger partial charge in [-0.05, 0) is 36.6 Å². The molecule has 4 heteroatoms. The number of Topliss-reactive ketones (excluding diaryl/α,β-unsaturated/α-hetero) is 1. The van der Waals surface area contributed by atoms with Crippen molar-refractivity contribution in [3.8, 4) is 0 Å². The molecule has 0 bridgehead atoms. The molecule has 0 atom stereocenters. The summed E-state index contributed by atoms with van der Waals surface area (Å²) < 4.78 is 0. The van der Waals surface area contributed by atoms with Crippen LogP contribution in [0.15, 0.2) is 18.2 Å². The summed E-state index contributed by atoms with van der Waals surface area (Å²) >= 11 is 5.58. The number of carbonyl (C=O) groups excluding carboxylic acids is 2. The lowest BCUT2D eigenvalue weighted by Gasteiger charge is -2.31. The van der Waals surface area contributed by atoms with E-state index in [1.54, 1.807) is 6.07 Å². The van der Waals surface area contributed by atoms with Gasteiger partial charge in [0.25, 0.3) is 0 Å². The Labute approximate surface area is 118 Å². The second kappa shape index (κ2) is 5.74. The number of amides is 1. The summed E-state index contributed by atoms with van der Waals surface area (Å²) in [6.45, 7) is 4.57. The highest BCUT2D eigenvalue weighted by Crippen LogP contribution is 2.29. The highest BCUT2D eigenvalue weighted by molar-refractivity contribution is 6.30.